The fourth-order valence-corrected chi connectivity index (χ4v) is 3.19. The average molecular weight is 343 g/mol. The number of rotatable bonds is 4. The lowest BCUT2D eigenvalue weighted by Gasteiger charge is -2.26. The molecule has 0 spiro atoms. The van der Waals surface area contributed by atoms with Crippen molar-refractivity contribution >= 4 is 5.91 Å². The number of hydrogen-bond acceptors (Lipinski definition) is 4. The van der Waals surface area contributed by atoms with Gasteiger partial charge >= 0.3 is 0 Å². The van der Waals surface area contributed by atoms with E-state index in [-0.39, 0.29) is 24.3 Å². The largest absolute Gasteiger partial charge is 0.390 e. The normalized spacial score (nSPS) is 20.3. The number of amides is 1. The van der Waals surface area contributed by atoms with Crippen LogP contribution < -0.4 is 0 Å². The van der Waals surface area contributed by atoms with Crippen molar-refractivity contribution in [2.45, 2.75) is 25.6 Å². The fraction of sp³-hybridized carbons (Fsp3) is 0.368. The number of aliphatic hydroxyl groups excluding tert-OH is 1. The lowest BCUT2D eigenvalue weighted by molar-refractivity contribution is 0.0757. The summed E-state index contributed by atoms with van der Waals surface area (Å²) < 4.78 is 13.0. The maximum atomic E-state index is 13.0. The lowest BCUT2D eigenvalue weighted by Crippen LogP contribution is -2.40. The van der Waals surface area contributed by atoms with Gasteiger partial charge in [-0.05, 0) is 43.8 Å². The number of hydrogen-bond donors (Lipinski definition) is 1. The van der Waals surface area contributed by atoms with E-state index in [0.717, 1.165) is 11.3 Å². The summed E-state index contributed by atoms with van der Waals surface area (Å²) in [6.07, 6.45) is -0.626. The Bertz CT molecular complexity index is 751. The highest BCUT2D eigenvalue weighted by Gasteiger charge is 2.37. The van der Waals surface area contributed by atoms with E-state index in [4.69, 9.17) is 0 Å². The van der Waals surface area contributed by atoms with Gasteiger partial charge in [0.2, 0.25) is 0 Å². The molecule has 5 nitrogen and oxygen atoms in total. The highest BCUT2D eigenvalue weighted by atomic mass is 19.1. The van der Waals surface area contributed by atoms with Crippen LogP contribution in [0.3, 0.4) is 0 Å². The Balaban J connectivity index is 1.66. The van der Waals surface area contributed by atoms with E-state index in [9.17, 15) is 14.3 Å². The van der Waals surface area contributed by atoms with Gasteiger partial charge in [-0.15, -0.1) is 0 Å². The van der Waals surface area contributed by atoms with E-state index in [1.807, 2.05) is 24.9 Å². The third-order valence-corrected chi connectivity index (χ3v) is 4.57. The van der Waals surface area contributed by atoms with Gasteiger partial charge in [0.25, 0.3) is 5.91 Å². The smallest absolute Gasteiger partial charge is 0.272 e. The number of carbonyl (C=O) groups is 1. The zero-order valence-corrected chi connectivity index (χ0v) is 14.4. The van der Waals surface area contributed by atoms with Crippen molar-refractivity contribution < 1.29 is 14.3 Å². The second-order valence-electron chi connectivity index (χ2n) is 6.55. The van der Waals surface area contributed by atoms with Crippen molar-refractivity contribution in [2.75, 3.05) is 20.1 Å². The SMILES string of the molecule is Cc1cccc(C(=O)N2C[C@@H](O)[C@H](N(C)Cc3ccc(F)cc3)C2)n1. The summed E-state index contributed by atoms with van der Waals surface area (Å²) in [5.74, 6) is -0.435. The van der Waals surface area contributed by atoms with Crippen LogP contribution in [0.5, 0.6) is 0 Å². The second kappa shape index (κ2) is 7.29. The van der Waals surface area contributed by atoms with Crippen molar-refractivity contribution in [1.82, 2.24) is 14.8 Å². The van der Waals surface area contributed by atoms with Crippen LogP contribution in [-0.2, 0) is 6.54 Å². The van der Waals surface area contributed by atoms with E-state index in [0.29, 0.717) is 18.8 Å². The quantitative estimate of drug-likeness (QED) is 0.920. The van der Waals surface area contributed by atoms with Crippen molar-refractivity contribution in [3.63, 3.8) is 0 Å². The summed E-state index contributed by atoms with van der Waals surface area (Å²) in [5, 5.41) is 10.4. The van der Waals surface area contributed by atoms with E-state index < -0.39 is 6.10 Å². The number of likely N-dealkylation sites (N-methyl/N-ethyl adjacent to an activating group) is 1. The monoisotopic (exact) mass is 343 g/mol. The molecule has 0 aliphatic carbocycles. The Kier molecular flexibility index (Phi) is 5.11. The van der Waals surface area contributed by atoms with Crippen molar-refractivity contribution in [3.8, 4) is 0 Å². The van der Waals surface area contributed by atoms with Crippen molar-refractivity contribution in [3.05, 3.63) is 65.2 Å². The third kappa shape index (κ3) is 4.03. The number of aliphatic hydroxyl groups is 1. The number of aryl methyl sites for hydroxylation is 1. The topological polar surface area (TPSA) is 56.7 Å². The first-order valence-corrected chi connectivity index (χ1v) is 8.29. The number of carbonyl (C=O) groups excluding carboxylic acids is 1. The molecular formula is C19H22FN3O2. The first-order chi connectivity index (χ1) is 11.9. The lowest BCUT2D eigenvalue weighted by atomic mass is 10.1. The summed E-state index contributed by atoms with van der Waals surface area (Å²) in [6.45, 7) is 3.14. The summed E-state index contributed by atoms with van der Waals surface area (Å²) in [7, 11) is 1.90. The zero-order chi connectivity index (χ0) is 18.0. The molecule has 25 heavy (non-hydrogen) atoms. The molecular weight excluding hydrogens is 321 g/mol. The minimum atomic E-state index is -0.626. The minimum Gasteiger partial charge on any atom is -0.390 e. The molecule has 1 aliphatic rings. The zero-order valence-electron chi connectivity index (χ0n) is 14.4. The molecule has 0 unspecified atom stereocenters. The molecule has 0 bridgehead atoms. The Morgan fingerprint density at radius 3 is 2.68 bits per heavy atom. The molecule has 2 heterocycles. The van der Waals surface area contributed by atoms with Gasteiger partial charge in [0, 0.05) is 25.3 Å². The summed E-state index contributed by atoms with van der Waals surface area (Å²) in [4.78, 5) is 20.5. The number of pyridine rings is 1. The van der Waals surface area contributed by atoms with Gasteiger partial charge in [-0.2, -0.15) is 0 Å². The molecule has 6 heteroatoms. The summed E-state index contributed by atoms with van der Waals surface area (Å²) in [6, 6.07) is 11.5. The highest BCUT2D eigenvalue weighted by molar-refractivity contribution is 5.92. The molecule has 2 aromatic rings. The van der Waals surface area contributed by atoms with Crippen LogP contribution in [-0.4, -0.2) is 58.1 Å². The van der Waals surface area contributed by atoms with Gasteiger partial charge in [0.05, 0.1) is 12.1 Å². The molecule has 132 valence electrons. The molecule has 1 fully saturated rings. The molecule has 0 radical (unpaired) electrons. The molecule has 1 N–H and O–H groups in total. The number of halogens is 1. The van der Waals surface area contributed by atoms with Crippen LogP contribution in [0.25, 0.3) is 0 Å². The summed E-state index contributed by atoms with van der Waals surface area (Å²) in [5.41, 5.74) is 2.14. The van der Waals surface area contributed by atoms with Crippen molar-refractivity contribution in [1.29, 1.82) is 0 Å². The molecule has 2 atom stereocenters. The Labute approximate surface area is 146 Å². The first-order valence-electron chi connectivity index (χ1n) is 8.29. The average Bonchev–Trinajstić information content (AvgIpc) is 2.98. The van der Waals surface area contributed by atoms with Crippen LogP contribution in [0.2, 0.25) is 0 Å². The molecule has 1 aliphatic heterocycles. The first kappa shape index (κ1) is 17.5. The van der Waals surface area contributed by atoms with Crippen LogP contribution in [0, 0.1) is 12.7 Å². The molecule has 0 saturated carbocycles. The van der Waals surface area contributed by atoms with E-state index in [1.54, 1.807) is 29.2 Å². The summed E-state index contributed by atoms with van der Waals surface area (Å²) >= 11 is 0. The van der Waals surface area contributed by atoms with Crippen molar-refractivity contribution in [2.24, 2.45) is 0 Å². The van der Waals surface area contributed by atoms with Gasteiger partial charge in [0.15, 0.2) is 0 Å². The molecule has 1 saturated heterocycles. The Hall–Kier alpha value is -2.31. The van der Waals surface area contributed by atoms with Gasteiger partial charge in [0.1, 0.15) is 11.5 Å². The van der Waals surface area contributed by atoms with Gasteiger partial charge < -0.3 is 10.0 Å². The molecule has 1 amide bonds. The van der Waals surface area contributed by atoms with Crippen LogP contribution >= 0.6 is 0 Å². The standard InChI is InChI=1S/C19H22FN3O2/c1-13-4-3-5-16(21-13)19(25)23-11-17(18(24)12-23)22(2)10-14-6-8-15(20)9-7-14/h3-9,17-18,24H,10-12H2,1-2H3/t17-,18-/m1/s1. The maximum Gasteiger partial charge on any atom is 0.272 e. The predicted octanol–water partition coefficient (Wildman–Crippen LogP) is 1.85. The molecule has 1 aromatic heterocycles. The Morgan fingerprint density at radius 2 is 2.00 bits per heavy atom. The van der Waals surface area contributed by atoms with E-state index >= 15 is 0 Å². The second-order valence-corrected chi connectivity index (χ2v) is 6.55. The van der Waals surface area contributed by atoms with Crippen LogP contribution in [0.4, 0.5) is 4.39 Å². The third-order valence-electron chi connectivity index (χ3n) is 4.57. The number of β-amino-alcohol motifs (C(OH)–C–C–N with tert-alkyl or cyclic N) is 1. The van der Waals surface area contributed by atoms with Crippen LogP contribution in [0.1, 0.15) is 21.7 Å². The predicted molar refractivity (Wildman–Crippen MR) is 92.5 cm³/mol. The number of nitrogens with zero attached hydrogens (tertiary/aromatic N) is 3. The number of likely N-dealkylation sites (tertiary alicyclic amines) is 1. The number of aromatic nitrogens is 1. The van der Waals surface area contributed by atoms with Crippen LogP contribution in [0.15, 0.2) is 42.5 Å². The molecule has 1 aromatic carbocycles. The van der Waals surface area contributed by atoms with Gasteiger partial charge in [-0.1, -0.05) is 18.2 Å². The maximum absolute atomic E-state index is 13.0. The Morgan fingerprint density at radius 1 is 1.28 bits per heavy atom. The highest BCUT2D eigenvalue weighted by Crippen LogP contribution is 2.19. The van der Waals surface area contributed by atoms with E-state index in [1.165, 1.54) is 12.1 Å². The van der Waals surface area contributed by atoms with Gasteiger partial charge in [-0.3, -0.25) is 9.69 Å². The molecule has 3 rings (SSSR count). The van der Waals surface area contributed by atoms with E-state index in [2.05, 4.69) is 4.98 Å². The minimum absolute atomic E-state index is 0.166. The number of benzene rings is 1. The van der Waals surface area contributed by atoms with Gasteiger partial charge in [-0.25, -0.2) is 9.37 Å². The fourth-order valence-electron chi connectivity index (χ4n) is 3.19.